The number of ether oxygens (including phenoxy) is 1. The van der Waals surface area contributed by atoms with Gasteiger partial charge in [0.2, 0.25) is 0 Å². The van der Waals surface area contributed by atoms with Crippen molar-refractivity contribution in [3.8, 4) is 5.75 Å². The van der Waals surface area contributed by atoms with E-state index in [0.29, 0.717) is 17.5 Å². The molecule has 0 aliphatic carbocycles. The molecule has 0 unspecified atom stereocenters. The zero-order valence-electron chi connectivity index (χ0n) is 13.0. The maximum absolute atomic E-state index is 12.3. The van der Waals surface area contributed by atoms with Crippen LogP contribution in [0, 0.1) is 0 Å². The number of carbonyl (C=O) groups excluding carboxylic acids is 1. The van der Waals surface area contributed by atoms with Gasteiger partial charge in [-0.1, -0.05) is 30.3 Å². The second kappa shape index (κ2) is 8.74. The van der Waals surface area contributed by atoms with Crippen molar-refractivity contribution in [2.24, 2.45) is 0 Å². The number of hydrogen-bond donors (Lipinski definition) is 1. The van der Waals surface area contributed by atoms with Crippen molar-refractivity contribution in [1.29, 1.82) is 0 Å². The Balaban J connectivity index is 2.10. The van der Waals surface area contributed by atoms with Crippen molar-refractivity contribution in [1.82, 2.24) is 9.97 Å². The van der Waals surface area contributed by atoms with E-state index in [1.165, 1.54) is 18.0 Å². The Kier molecular flexibility index (Phi) is 6.67. The van der Waals surface area contributed by atoms with Crippen LogP contribution in [-0.2, 0) is 0 Å². The number of amides is 1. The summed E-state index contributed by atoms with van der Waals surface area (Å²) in [5, 5.41) is 3.55. The van der Waals surface area contributed by atoms with Crippen LogP contribution in [0.25, 0.3) is 0 Å². The predicted octanol–water partition coefficient (Wildman–Crippen LogP) is 4.28. The van der Waals surface area contributed by atoms with Crippen LogP contribution in [0.1, 0.15) is 30.8 Å². The lowest BCUT2D eigenvalue weighted by atomic mass is 10.3. The lowest BCUT2D eigenvalue weighted by Gasteiger charge is -2.08. The molecule has 1 amide bonds. The Morgan fingerprint density at radius 2 is 2.04 bits per heavy atom. The lowest BCUT2D eigenvalue weighted by Crippen LogP contribution is -2.15. The molecule has 0 fully saturated rings. The fourth-order valence-electron chi connectivity index (χ4n) is 1.76. The number of nitrogens with zero attached hydrogens (tertiary/aromatic N) is 2. The van der Waals surface area contributed by atoms with Crippen molar-refractivity contribution < 1.29 is 9.53 Å². The number of thioether (sulfide) groups is 1. The summed E-state index contributed by atoms with van der Waals surface area (Å²) in [6.45, 7) is 4.59. The highest BCUT2D eigenvalue weighted by Crippen LogP contribution is 2.21. The normalized spacial score (nSPS) is 10.4. The molecule has 0 aliphatic heterocycles. The molecular formula is C16H18ClN3O2S. The smallest absolute Gasteiger partial charge is 0.275 e. The Bertz CT molecular complexity index is 665. The second-order valence-corrected chi connectivity index (χ2v) is 6.08. The van der Waals surface area contributed by atoms with E-state index in [9.17, 15) is 4.79 Å². The van der Waals surface area contributed by atoms with Crippen LogP contribution in [0.4, 0.5) is 5.69 Å². The maximum atomic E-state index is 12.3. The van der Waals surface area contributed by atoms with E-state index in [0.717, 1.165) is 17.9 Å². The highest BCUT2D eigenvalue weighted by Gasteiger charge is 2.14. The van der Waals surface area contributed by atoms with Crippen molar-refractivity contribution in [3.63, 3.8) is 0 Å². The lowest BCUT2D eigenvalue weighted by molar-refractivity contribution is 0.102. The van der Waals surface area contributed by atoms with Gasteiger partial charge in [0.15, 0.2) is 10.9 Å². The van der Waals surface area contributed by atoms with Gasteiger partial charge in [0.25, 0.3) is 5.91 Å². The van der Waals surface area contributed by atoms with Crippen LogP contribution in [0.15, 0.2) is 35.6 Å². The van der Waals surface area contributed by atoms with E-state index in [-0.39, 0.29) is 16.6 Å². The predicted molar refractivity (Wildman–Crippen MR) is 93.6 cm³/mol. The number of hydrogen-bond acceptors (Lipinski definition) is 5. The van der Waals surface area contributed by atoms with Gasteiger partial charge in [-0.15, -0.1) is 0 Å². The van der Waals surface area contributed by atoms with Crippen molar-refractivity contribution in [2.75, 3.05) is 17.7 Å². The fourth-order valence-corrected chi connectivity index (χ4v) is 2.61. The molecule has 2 aromatic rings. The number of nitrogens with one attached hydrogen (secondary N) is 1. The van der Waals surface area contributed by atoms with Gasteiger partial charge in [0.05, 0.1) is 17.8 Å². The molecule has 0 bridgehead atoms. The molecule has 1 heterocycles. The van der Waals surface area contributed by atoms with Gasteiger partial charge in [-0.05, 0) is 37.6 Å². The maximum Gasteiger partial charge on any atom is 0.275 e. The Hall–Kier alpha value is -1.79. The highest BCUT2D eigenvalue weighted by molar-refractivity contribution is 7.99. The fraction of sp³-hybridized carbons (Fsp3) is 0.312. The van der Waals surface area contributed by atoms with Crippen LogP contribution in [0.5, 0.6) is 5.75 Å². The number of halogens is 1. The minimum Gasteiger partial charge on any atom is -0.494 e. The average molecular weight is 352 g/mol. The molecule has 1 aromatic heterocycles. The molecule has 5 nitrogen and oxygen atoms in total. The topological polar surface area (TPSA) is 64.1 Å². The Morgan fingerprint density at radius 3 is 2.70 bits per heavy atom. The third kappa shape index (κ3) is 5.11. The van der Waals surface area contributed by atoms with Gasteiger partial charge in [-0.2, -0.15) is 0 Å². The first kappa shape index (κ1) is 17.6. The number of benzene rings is 1. The SMILES string of the molecule is CCCSc1ncc(Cl)c(C(=O)Nc2ccc(OCC)cc2)n1. The largest absolute Gasteiger partial charge is 0.494 e. The number of rotatable bonds is 7. The molecule has 0 atom stereocenters. The summed E-state index contributed by atoms with van der Waals surface area (Å²) >= 11 is 7.54. The molecule has 0 saturated carbocycles. The van der Waals surface area contributed by atoms with Gasteiger partial charge in [-0.3, -0.25) is 4.79 Å². The molecule has 0 spiro atoms. The zero-order chi connectivity index (χ0) is 16.7. The standard InChI is InChI=1S/C16H18ClN3O2S/c1-3-9-23-16-18-10-13(17)14(20-16)15(21)19-11-5-7-12(8-6-11)22-4-2/h5-8,10H,3-4,9H2,1-2H3,(H,19,21). The second-order valence-electron chi connectivity index (χ2n) is 4.61. The number of aromatic nitrogens is 2. The number of anilines is 1. The summed E-state index contributed by atoms with van der Waals surface area (Å²) in [6, 6.07) is 7.13. The van der Waals surface area contributed by atoms with E-state index in [1.54, 1.807) is 24.3 Å². The molecule has 0 aliphatic rings. The van der Waals surface area contributed by atoms with E-state index in [4.69, 9.17) is 16.3 Å². The first-order valence-electron chi connectivity index (χ1n) is 7.33. The quantitative estimate of drug-likeness (QED) is 0.595. The van der Waals surface area contributed by atoms with Gasteiger partial charge in [-0.25, -0.2) is 9.97 Å². The summed E-state index contributed by atoms with van der Waals surface area (Å²) in [4.78, 5) is 20.7. The Morgan fingerprint density at radius 1 is 1.30 bits per heavy atom. The summed E-state index contributed by atoms with van der Waals surface area (Å²) in [7, 11) is 0. The van der Waals surface area contributed by atoms with Crippen LogP contribution in [0.2, 0.25) is 5.02 Å². The van der Waals surface area contributed by atoms with Gasteiger partial charge in [0, 0.05) is 11.4 Å². The van der Waals surface area contributed by atoms with Gasteiger partial charge in [0.1, 0.15) is 5.75 Å². The third-order valence-electron chi connectivity index (χ3n) is 2.80. The van der Waals surface area contributed by atoms with Crippen molar-refractivity contribution in [3.05, 3.63) is 41.2 Å². The van der Waals surface area contributed by atoms with E-state index < -0.39 is 0 Å². The summed E-state index contributed by atoms with van der Waals surface area (Å²) < 4.78 is 5.37. The summed E-state index contributed by atoms with van der Waals surface area (Å²) in [5.74, 6) is 1.28. The molecule has 1 aromatic carbocycles. The van der Waals surface area contributed by atoms with Crippen LogP contribution in [0.3, 0.4) is 0 Å². The zero-order valence-corrected chi connectivity index (χ0v) is 14.6. The minimum absolute atomic E-state index is 0.175. The van der Waals surface area contributed by atoms with Crippen LogP contribution in [-0.4, -0.2) is 28.2 Å². The van der Waals surface area contributed by atoms with Gasteiger partial charge < -0.3 is 10.1 Å². The first-order chi connectivity index (χ1) is 11.1. The van der Waals surface area contributed by atoms with E-state index >= 15 is 0 Å². The molecule has 7 heteroatoms. The highest BCUT2D eigenvalue weighted by atomic mass is 35.5. The molecule has 122 valence electrons. The molecule has 1 N–H and O–H groups in total. The Labute approximate surface area is 144 Å². The summed E-state index contributed by atoms with van der Waals surface area (Å²) in [6.07, 6.45) is 2.46. The number of carbonyl (C=O) groups is 1. The minimum atomic E-state index is -0.361. The average Bonchev–Trinajstić information content (AvgIpc) is 2.56. The summed E-state index contributed by atoms with van der Waals surface area (Å²) in [5.41, 5.74) is 0.824. The third-order valence-corrected chi connectivity index (χ3v) is 4.14. The monoisotopic (exact) mass is 351 g/mol. The van der Waals surface area contributed by atoms with E-state index in [2.05, 4.69) is 22.2 Å². The molecule has 23 heavy (non-hydrogen) atoms. The molecular weight excluding hydrogens is 334 g/mol. The first-order valence-corrected chi connectivity index (χ1v) is 8.70. The molecule has 0 radical (unpaired) electrons. The van der Waals surface area contributed by atoms with Crippen molar-refractivity contribution >= 4 is 35.0 Å². The molecule has 2 rings (SSSR count). The van der Waals surface area contributed by atoms with Gasteiger partial charge >= 0.3 is 0 Å². The van der Waals surface area contributed by atoms with Crippen molar-refractivity contribution in [2.45, 2.75) is 25.4 Å². The van der Waals surface area contributed by atoms with Crippen LogP contribution >= 0.6 is 23.4 Å². The van der Waals surface area contributed by atoms with E-state index in [1.807, 2.05) is 6.92 Å². The van der Waals surface area contributed by atoms with Crippen LogP contribution < -0.4 is 10.1 Å². The molecule has 0 saturated heterocycles.